The molecule has 0 aromatic heterocycles. The van der Waals surface area contributed by atoms with Crippen molar-refractivity contribution in [3.8, 4) is 0 Å². The zero-order chi connectivity index (χ0) is 15.9. The number of esters is 1. The first-order chi connectivity index (χ1) is 10.8. The smallest absolute Gasteiger partial charge is 0.305 e. The van der Waals surface area contributed by atoms with E-state index in [2.05, 4.69) is 19.1 Å². The van der Waals surface area contributed by atoms with Crippen LogP contribution in [0.3, 0.4) is 0 Å². The van der Waals surface area contributed by atoms with Crippen LogP contribution in [0.15, 0.2) is 12.2 Å². The Morgan fingerprint density at radius 3 is 2.23 bits per heavy atom. The van der Waals surface area contributed by atoms with E-state index < -0.39 is 0 Å². The molecule has 22 heavy (non-hydrogen) atoms. The standard InChI is InChI=1S/C19H34O3/c1-2-3-4-5-6-7-8-9-10-11-12-13-14-15-19(20)22-17-18-16-21-18/h7-8,18H,2-6,9-17H2,1H3/b8-7-/t18-/m0/s1. The summed E-state index contributed by atoms with van der Waals surface area (Å²) in [7, 11) is 0. The molecule has 0 aromatic carbocycles. The molecule has 1 heterocycles. The van der Waals surface area contributed by atoms with Crippen LogP contribution in [0.1, 0.15) is 84.0 Å². The Morgan fingerprint density at radius 2 is 1.59 bits per heavy atom. The van der Waals surface area contributed by atoms with Crippen molar-refractivity contribution in [2.45, 2.75) is 90.1 Å². The Balaban J connectivity index is 1.73. The molecule has 1 rings (SSSR count). The highest BCUT2D eigenvalue weighted by atomic mass is 16.6. The predicted octanol–water partition coefficient (Wildman–Crippen LogP) is 5.19. The third-order valence-corrected chi connectivity index (χ3v) is 3.98. The molecule has 0 spiro atoms. The van der Waals surface area contributed by atoms with Gasteiger partial charge in [-0.15, -0.1) is 0 Å². The molecule has 1 saturated heterocycles. The third kappa shape index (κ3) is 12.9. The summed E-state index contributed by atoms with van der Waals surface area (Å²) in [5.74, 6) is -0.0680. The van der Waals surface area contributed by atoms with Crippen LogP contribution in [0.4, 0.5) is 0 Å². The van der Waals surface area contributed by atoms with Crippen LogP contribution < -0.4 is 0 Å². The van der Waals surface area contributed by atoms with Crippen LogP contribution >= 0.6 is 0 Å². The lowest BCUT2D eigenvalue weighted by atomic mass is 10.1. The lowest BCUT2D eigenvalue weighted by molar-refractivity contribution is -0.144. The topological polar surface area (TPSA) is 38.8 Å². The van der Waals surface area contributed by atoms with E-state index in [0.29, 0.717) is 13.0 Å². The Labute approximate surface area is 136 Å². The van der Waals surface area contributed by atoms with Crippen molar-refractivity contribution < 1.29 is 14.3 Å². The van der Waals surface area contributed by atoms with Crippen LogP contribution in [0.5, 0.6) is 0 Å². The molecule has 0 N–H and O–H groups in total. The zero-order valence-corrected chi connectivity index (χ0v) is 14.4. The first-order valence-electron chi connectivity index (χ1n) is 9.25. The number of rotatable bonds is 15. The van der Waals surface area contributed by atoms with Crippen LogP contribution in [-0.2, 0) is 14.3 Å². The predicted molar refractivity (Wildman–Crippen MR) is 90.9 cm³/mol. The molecule has 3 nitrogen and oxygen atoms in total. The van der Waals surface area contributed by atoms with Gasteiger partial charge in [0.25, 0.3) is 0 Å². The second kappa shape index (κ2) is 13.8. The minimum atomic E-state index is -0.0680. The maximum Gasteiger partial charge on any atom is 0.305 e. The number of allylic oxidation sites excluding steroid dienone is 2. The summed E-state index contributed by atoms with van der Waals surface area (Å²) < 4.78 is 10.1. The third-order valence-electron chi connectivity index (χ3n) is 3.98. The van der Waals surface area contributed by atoms with Crippen LogP contribution in [0, 0.1) is 0 Å². The number of epoxide rings is 1. The summed E-state index contributed by atoms with van der Waals surface area (Å²) in [6, 6.07) is 0. The SMILES string of the molecule is CCCCCC/C=C\CCCCCCCC(=O)OC[C@@H]1CO1. The second-order valence-corrected chi connectivity index (χ2v) is 6.27. The molecule has 0 saturated carbocycles. The van der Waals surface area contributed by atoms with E-state index in [0.717, 1.165) is 19.4 Å². The van der Waals surface area contributed by atoms with E-state index in [9.17, 15) is 4.79 Å². The monoisotopic (exact) mass is 310 g/mol. The van der Waals surface area contributed by atoms with Crippen LogP contribution in [-0.4, -0.2) is 25.3 Å². The van der Waals surface area contributed by atoms with Gasteiger partial charge in [-0.1, -0.05) is 57.6 Å². The Morgan fingerprint density at radius 1 is 1.00 bits per heavy atom. The van der Waals surface area contributed by atoms with E-state index in [-0.39, 0.29) is 12.1 Å². The summed E-state index contributed by atoms with van der Waals surface area (Å²) >= 11 is 0. The summed E-state index contributed by atoms with van der Waals surface area (Å²) in [6.07, 6.45) is 19.1. The van der Waals surface area contributed by atoms with Crippen molar-refractivity contribution in [2.24, 2.45) is 0 Å². The van der Waals surface area contributed by atoms with Crippen molar-refractivity contribution in [2.75, 3.05) is 13.2 Å². The number of unbranched alkanes of at least 4 members (excludes halogenated alkanes) is 9. The quantitative estimate of drug-likeness (QED) is 0.181. The van der Waals surface area contributed by atoms with Crippen LogP contribution in [0.2, 0.25) is 0 Å². The zero-order valence-electron chi connectivity index (χ0n) is 14.4. The number of carbonyl (C=O) groups is 1. The average molecular weight is 310 g/mol. The summed E-state index contributed by atoms with van der Waals surface area (Å²) in [6.45, 7) is 3.45. The van der Waals surface area contributed by atoms with Crippen molar-refractivity contribution in [3.05, 3.63) is 12.2 Å². The molecule has 0 aromatic rings. The van der Waals surface area contributed by atoms with Gasteiger partial charge in [-0.2, -0.15) is 0 Å². The van der Waals surface area contributed by atoms with E-state index in [1.807, 2.05) is 0 Å². The van der Waals surface area contributed by atoms with Crippen molar-refractivity contribution in [3.63, 3.8) is 0 Å². The highest BCUT2D eigenvalue weighted by Crippen LogP contribution is 2.11. The second-order valence-electron chi connectivity index (χ2n) is 6.27. The minimum absolute atomic E-state index is 0.0680. The number of ether oxygens (including phenoxy) is 2. The Kier molecular flexibility index (Phi) is 12.1. The fraction of sp³-hybridized carbons (Fsp3) is 0.842. The summed E-state index contributed by atoms with van der Waals surface area (Å²) in [5.41, 5.74) is 0. The van der Waals surface area contributed by atoms with Gasteiger partial charge in [0.15, 0.2) is 0 Å². The molecule has 1 aliphatic heterocycles. The number of carbonyl (C=O) groups excluding carboxylic acids is 1. The average Bonchev–Trinajstić information content (AvgIpc) is 3.34. The first-order valence-corrected chi connectivity index (χ1v) is 9.25. The normalized spacial score (nSPS) is 17.0. The molecule has 128 valence electrons. The maximum absolute atomic E-state index is 11.4. The van der Waals surface area contributed by atoms with Crippen molar-refractivity contribution >= 4 is 5.97 Å². The molecule has 0 bridgehead atoms. The largest absolute Gasteiger partial charge is 0.463 e. The van der Waals surface area contributed by atoms with E-state index in [1.165, 1.54) is 57.8 Å². The maximum atomic E-state index is 11.4. The number of hydrogen-bond acceptors (Lipinski definition) is 3. The fourth-order valence-electron chi connectivity index (χ4n) is 2.41. The van der Waals surface area contributed by atoms with Crippen molar-refractivity contribution in [1.82, 2.24) is 0 Å². The van der Waals surface area contributed by atoms with Gasteiger partial charge >= 0.3 is 5.97 Å². The van der Waals surface area contributed by atoms with E-state index in [4.69, 9.17) is 9.47 Å². The Bertz CT molecular complexity index is 295. The van der Waals surface area contributed by atoms with Crippen LogP contribution in [0.25, 0.3) is 0 Å². The van der Waals surface area contributed by atoms with Gasteiger partial charge < -0.3 is 9.47 Å². The van der Waals surface area contributed by atoms with Gasteiger partial charge in [0.1, 0.15) is 12.7 Å². The fourth-order valence-corrected chi connectivity index (χ4v) is 2.41. The first kappa shape index (κ1) is 19.2. The molecular weight excluding hydrogens is 276 g/mol. The molecule has 0 unspecified atom stereocenters. The molecule has 1 aliphatic rings. The van der Waals surface area contributed by atoms with Gasteiger partial charge in [-0.05, 0) is 32.1 Å². The highest BCUT2D eigenvalue weighted by molar-refractivity contribution is 5.69. The lowest BCUT2D eigenvalue weighted by Gasteiger charge is -2.02. The molecule has 0 radical (unpaired) electrons. The number of hydrogen-bond donors (Lipinski definition) is 0. The molecule has 0 aliphatic carbocycles. The molecule has 1 fully saturated rings. The summed E-state index contributed by atoms with van der Waals surface area (Å²) in [4.78, 5) is 11.4. The van der Waals surface area contributed by atoms with Gasteiger partial charge in [0, 0.05) is 6.42 Å². The van der Waals surface area contributed by atoms with Gasteiger partial charge in [-0.25, -0.2) is 0 Å². The molecular formula is C19H34O3. The summed E-state index contributed by atoms with van der Waals surface area (Å²) in [5, 5.41) is 0. The Hall–Kier alpha value is -0.830. The minimum Gasteiger partial charge on any atom is -0.463 e. The van der Waals surface area contributed by atoms with E-state index in [1.54, 1.807) is 0 Å². The van der Waals surface area contributed by atoms with Gasteiger partial charge in [0.2, 0.25) is 0 Å². The molecule has 1 atom stereocenters. The van der Waals surface area contributed by atoms with E-state index >= 15 is 0 Å². The lowest BCUT2D eigenvalue weighted by Crippen LogP contribution is -2.09. The van der Waals surface area contributed by atoms with Gasteiger partial charge in [0.05, 0.1) is 6.61 Å². The van der Waals surface area contributed by atoms with Gasteiger partial charge in [-0.3, -0.25) is 4.79 Å². The molecule has 0 amide bonds. The molecule has 3 heteroatoms. The van der Waals surface area contributed by atoms with Crippen molar-refractivity contribution in [1.29, 1.82) is 0 Å². The highest BCUT2D eigenvalue weighted by Gasteiger charge is 2.23.